The van der Waals surface area contributed by atoms with Crippen LogP contribution in [0.4, 0.5) is 0 Å². The van der Waals surface area contributed by atoms with E-state index in [0.29, 0.717) is 28.6 Å². The van der Waals surface area contributed by atoms with Crippen LogP contribution in [-0.2, 0) is 0 Å². The number of aryl methyl sites for hydroxylation is 1. The molecule has 6 heteroatoms. The fourth-order valence-corrected chi connectivity index (χ4v) is 3.93. The molecule has 0 amide bonds. The molecule has 0 aliphatic carbocycles. The first-order valence-corrected chi connectivity index (χ1v) is 9.59. The Hall–Kier alpha value is -3.02. The fraction of sp³-hybridized carbons (Fsp3) is 0.391. The number of furan rings is 1. The Morgan fingerprint density at radius 3 is 2.07 bits per heavy atom. The maximum absolute atomic E-state index is 10.5. The van der Waals surface area contributed by atoms with Gasteiger partial charge >= 0.3 is 0 Å². The highest BCUT2D eigenvalue weighted by molar-refractivity contribution is 5.90. The van der Waals surface area contributed by atoms with Crippen molar-refractivity contribution in [1.82, 2.24) is 0 Å². The average Bonchev–Trinajstić information content (AvgIpc) is 3.07. The molecule has 3 aromatic rings. The summed E-state index contributed by atoms with van der Waals surface area (Å²) in [7, 11) is 6.33. The molecule has 6 nitrogen and oxygen atoms in total. The maximum atomic E-state index is 10.5. The zero-order valence-electron chi connectivity index (χ0n) is 17.8. The van der Waals surface area contributed by atoms with Gasteiger partial charge in [-0.05, 0) is 43.2 Å². The standard InChI is InChI=1S/C23H28O6/c1-7-8-15(14-11-18(26-4)23(28-6)19(12-14)27-5)20-13(2)29-22-16(20)9-10-17(25-3)21(22)24/h9-12,15,24H,7-8H2,1-6H3. The van der Waals surface area contributed by atoms with Crippen molar-refractivity contribution in [3.63, 3.8) is 0 Å². The number of aromatic hydroxyl groups is 1. The number of hydrogen-bond donors (Lipinski definition) is 1. The molecule has 1 heterocycles. The number of fused-ring (bicyclic) bond motifs is 1. The molecule has 156 valence electrons. The highest BCUT2D eigenvalue weighted by Crippen LogP contribution is 2.47. The van der Waals surface area contributed by atoms with Gasteiger partial charge in [-0.1, -0.05) is 13.3 Å². The van der Waals surface area contributed by atoms with Crippen LogP contribution in [0.25, 0.3) is 11.0 Å². The van der Waals surface area contributed by atoms with Crippen LogP contribution in [0.1, 0.15) is 42.6 Å². The normalized spacial score (nSPS) is 12.1. The van der Waals surface area contributed by atoms with Crippen molar-refractivity contribution in [2.45, 2.75) is 32.6 Å². The molecule has 1 aromatic heterocycles. The van der Waals surface area contributed by atoms with Crippen molar-refractivity contribution in [3.05, 3.63) is 41.2 Å². The van der Waals surface area contributed by atoms with E-state index in [1.54, 1.807) is 27.4 Å². The summed E-state index contributed by atoms with van der Waals surface area (Å²) in [6.45, 7) is 4.06. The lowest BCUT2D eigenvalue weighted by atomic mass is 9.85. The summed E-state index contributed by atoms with van der Waals surface area (Å²) >= 11 is 0. The number of benzene rings is 2. The van der Waals surface area contributed by atoms with Gasteiger partial charge in [-0.2, -0.15) is 0 Å². The van der Waals surface area contributed by atoms with Crippen LogP contribution in [0.2, 0.25) is 0 Å². The second-order valence-corrected chi connectivity index (χ2v) is 6.86. The van der Waals surface area contributed by atoms with Crippen molar-refractivity contribution >= 4 is 11.0 Å². The molecule has 3 rings (SSSR count). The molecule has 0 bridgehead atoms. The second-order valence-electron chi connectivity index (χ2n) is 6.86. The van der Waals surface area contributed by atoms with Crippen molar-refractivity contribution in [3.8, 4) is 28.7 Å². The molecular formula is C23H28O6. The lowest BCUT2D eigenvalue weighted by Gasteiger charge is -2.21. The highest BCUT2D eigenvalue weighted by Gasteiger charge is 2.26. The minimum absolute atomic E-state index is 0.0134. The SMILES string of the molecule is CCCC(c1cc(OC)c(OC)c(OC)c1)c1c(C)oc2c(O)c(OC)ccc12. The van der Waals surface area contributed by atoms with Gasteiger partial charge in [-0.15, -0.1) is 0 Å². The zero-order valence-corrected chi connectivity index (χ0v) is 17.8. The van der Waals surface area contributed by atoms with E-state index in [2.05, 4.69) is 6.92 Å². The third-order valence-electron chi connectivity index (χ3n) is 5.25. The van der Waals surface area contributed by atoms with Crippen LogP contribution in [0.15, 0.2) is 28.7 Å². The summed E-state index contributed by atoms with van der Waals surface area (Å²) in [5.41, 5.74) is 2.50. The van der Waals surface area contributed by atoms with E-state index in [1.807, 2.05) is 25.1 Å². The summed E-state index contributed by atoms with van der Waals surface area (Å²) in [4.78, 5) is 0. The first-order valence-electron chi connectivity index (χ1n) is 9.59. The van der Waals surface area contributed by atoms with E-state index in [1.165, 1.54) is 7.11 Å². The van der Waals surface area contributed by atoms with E-state index in [4.69, 9.17) is 23.4 Å². The number of rotatable bonds is 8. The van der Waals surface area contributed by atoms with Gasteiger partial charge in [0.15, 0.2) is 22.8 Å². The second kappa shape index (κ2) is 8.55. The van der Waals surface area contributed by atoms with Gasteiger partial charge in [0.2, 0.25) is 11.5 Å². The molecule has 0 saturated carbocycles. The van der Waals surface area contributed by atoms with Crippen molar-refractivity contribution in [2.75, 3.05) is 28.4 Å². The van der Waals surface area contributed by atoms with Gasteiger partial charge in [0.1, 0.15) is 5.76 Å². The molecule has 2 aromatic carbocycles. The molecule has 0 radical (unpaired) electrons. The molecule has 1 unspecified atom stereocenters. The van der Waals surface area contributed by atoms with E-state index >= 15 is 0 Å². The molecule has 29 heavy (non-hydrogen) atoms. The van der Waals surface area contributed by atoms with Crippen LogP contribution >= 0.6 is 0 Å². The molecule has 0 aliphatic rings. The van der Waals surface area contributed by atoms with Crippen LogP contribution in [0.3, 0.4) is 0 Å². The van der Waals surface area contributed by atoms with Crippen LogP contribution in [-0.4, -0.2) is 33.5 Å². The highest BCUT2D eigenvalue weighted by atomic mass is 16.5. The Labute approximate surface area is 170 Å². The topological polar surface area (TPSA) is 70.3 Å². The third-order valence-corrected chi connectivity index (χ3v) is 5.25. The zero-order chi connectivity index (χ0) is 21.1. The first kappa shape index (κ1) is 20.7. The first-order chi connectivity index (χ1) is 14.0. The van der Waals surface area contributed by atoms with Crippen molar-refractivity contribution in [1.29, 1.82) is 0 Å². The quantitative estimate of drug-likeness (QED) is 0.545. The number of hydrogen-bond acceptors (Lipinski definition) is 6. The maximum Gasteiger partial charge on any atom is 0.203 e. The number of ether oxygens (including phenoxy) is 4. The molecule has 1 N–H and O–H groups in total. The minimum atomic E-state index is 0.0134. The molecule has 1 atom stereocenters. The lowest BCUT2D eigenvalue weighted by molar-refractivity contribution is 0.323. The Morgan fingerprint density at radius 2 is 1.55 bits per heavy atom. The molecule has 0 fully saturated rings. The number of phenolic OH excluding ortho intramolecular Hbond substituents is 1. The fourth-order valence-electron chi connectivity index (χ4n) is 3.93. The average molecular weight is 400 g/mol. The van der Waals surface area contributed by atoms with Crippen LogP contribution in [0, 0.1) is 6.92 Å². The van der Waals surface area contributed by atoms with Gasteiger partial charge in [-0.3, -0.25) is 0 Å². The van der Waals surface area contributed by atoms with E-state index in [-0.39, 0.29) is 11.7 Å². The summed E-state index contributed by atoms with van der Waals surface area (Å²) in [6, 6.07) is 7.64. The van der Waals surface area contributed by atoms with E-state index in [9.17, 15) is 5.11 Å². The van der Waals surface area contributed by atoms with Gasteiger partial charge in [0.25, 0.3) is 0 Å². The number of phenols is 1. The summed E-state index contributed by atoms with van der Waals surface area (Å²) in [6.07, 6.45) is 1.86. The molecule has 0 spiro atoms. The molecule has 0 saturated heterocycles. The van der Waals surface area contributed by atoms with Gasteiger partial charge < -0.3 is 28.5 Å². The van der Waals surface area contributed by atoms with E-state index in [0.717, 1.165) is 35.1 Å². The smallest absolute Gasteiger partial charge is 0.203 e. The van der Waals surface area contributed by atoms with Crippen molar-refractivity contribution < 1.29 is 28.5 Å². The van der Waals surface area contributed by atoms with Crippen LogP contribution in [0.5, 0.6) is 28.7 Å². The summed E-state index contributed by atoms with van der Waals surface area (Å²) in [5, 5.41) is 11.4. The Kier molecular flexibility index (Phi) is 6.11. The Balaban J connectivity index is 2.24. The predicted molar refractivity (Wildman–Crippen MR) is 112 cm³/mol. The molecular weight excluding hydrogens is 372 g/mol. The van der Waals surface area contributed by atoms with E-state index < -0.39 is 0 Å². The predicted octanol–water partition coefficient (Wildman–Crippen LogP) is 5.41. The lowest BCUT2D eigenvalue weighted by Crippen LogP contribution is -2.04. The largest absolute Gasteiger partial charge is 0.502 e. The van der Waals surface area contributed by atoms with Gasteiger partial charge in [0, 0.05) is 16.9 Å². The molecule has 0 aliphatic heterocycles. The monoisotopic (exact) mass is 400 g/mol. The number of methoxy groups -OCH3 is 4. The van der Waals surface area contributed by atoms with Gasteiger partial charge in [-0.25, -0.2) is 0 Å². The van der Waals surface area contributed by atoms with Crippen molar-refractivity contribution in [2.24, 2.45) is 0 Å². The minimum Gasteiger partial charge on any atom is -0.502 e. The summed E-state index contributed by atoms with van der Waals surface area (Å²) in [5.74, 6) is 2.97. The summed E-state index contributed by atoms with van der Waals surface area (Å²) < 4.78 is 27.7. The van der Waals surface area contributed by atoms with Crippen LogP contribution < -0.4 is 18.9 Å². The third kappa shape index (κ3) is 3.55. The Bertz CT molecular complexity index is 979. The Morgan fingerprint density at radius 1 is 0.931 bits per heavy atom. The van der Waals surface area contributed by atoms with Gasteiger partial charge in [0.05, 0.1) is 28.4 Å².